The maximum Gasteiger partial charge on any atom is 0.270 e. The summed E-state index contributed by atoms with van der Waals surface area (Å²) in [5.74, 6) is 2.02. The first kappa shape index (κ1) is 13.3. The Morgan fingerprint density at radius 2 is 1.95 bits per heavy atom. The fourth-order valence-electron chi connectivity index (χ4n) is 3.60. The van der Waals surface area contributed by atoms with Crippen LogP contribution in [-0.4, -0.2) is 51.9 Å². The van der Waals surface area contributed by atoms with Gasteiger partial charge < -0.3 is 14.8 Å². The molecule has 0 unspecified atom stereocenters. The van der Waals surface area contributed by atoms with Crippen LogP contribution in [0.15, 0.2) is 36.8 Å². The van der Waals surface area contributed by atoms with Crippen molar-refractivity contribution in [3.8, 4) is 0 Å². The second kappa shape index (κ2) is 5.44. The minimum absolute atomic E-state index is 0.113. The Morgan fingerprint density at radius 3 is 2.73 bits per heavy atom. The Balaban J connectivity index is 1.45. The number of aromatic nitrogens is 3. The van der Waals surface area contributed by atoms with E-state index < -0.39 is 0 Å². The van der Waals surface area contributed by atoms with Crippen molar-refractivity contribution in [3.05, 3.63) is 42.5 Å². The average molecular weight is 297 g/mol. The maximum atomic E-state index is 12.5. The molecule has 1 N–H and O–H groups in total. The van der Waals surface area contributed by atoms with Gasteiger partial charge in [-0.3, -0.25) is 4.79 Å². The molecule has 0 saturated carbocycles. The van der Waals surface area contributed by atoms with Gasteiger partial charge in [0.05, 0.1) is 0 Å². The topological polar surface area (TPSA) is 65.1 Å². The van der Waals surface area contributed by atoms with Crippen molar-refractivity contribution in [2.24, 2.45) is 11.8 Å². The monoisotopic (exact) mass is 297 g/mol. The van der Waals surface area contributed by atoms with Crippen LogP contribution in [-0.2, 0) is 0 Å². The van der Waals surface area contributed by atoms with Crippen molar-refractivity contribution in [3.63, 3.8) is 0 Å². The number of carbonyl (C=O) groups is 1. The maximum absolute atomic E-state index is 12.5. The van der Waals surface area contributed by atoms with Gasteiger partial charge in [-0.15, -0.1) is 0 Å². The third kappa shape index (κ3) is 2.34. The van der Waals surface area contributed by atoms with Gasteiger partial charge in [0.1, 0.15) is 5.69 Å². The van der Waals surface area contributed by atoms with E-state index in [0.717, 1.165) is 38.5 Å². The number of nitrogens with one attached hydrogen (secondary N) is 1. The van der Waals surface area contributed by atoms with Gasteiger partial charge in [-0.25, -0.2) is 9.97 Å². The molecule has 2 atom stereocenters. The van der Waals surface area contributed by atoms with Crippen molar-refractivity contribution in [1.29, 1.82) is 0 Å². The summed E-state index contributed by atoms with van der Waals surface area (Å²) >= 11 is 0. The Hall–Kier alpha value is -2.37. The number of piperidine rings is 1. The average Bonchev–Trinajstić information content (AvgIpc) is 3.23. The molecule has 6 heteroatoms. The van der Waals surface area contributed by atoms with Crippen LogP contribution in [0.5, 0.6) is 0 Å². The SMILES string of the molecule is O=C(c1ccc[nH]1)N1C[C@H]2CCN(c3ncccn3)C[C@H]2C1. The Labute approximate surface area is 129 Å². The third-order valence-electron chi connectivity index (χ3n) is 4.75. The normalized spacial score (nSPS) is 24.4. The molecule has 4 rings (SSSR count). The molecule has 1 amide bonds. The fraction of sp³-hybridized carbons (Fsp3) is 0.438. The van der Waals surface area contributed by atoms with Crippen molar-refractivity contribution in [2.45, 2.75) is 6.42 Å². The molecule has 0 aliphatic carbocycles. The number of nitrogens with zero attached hydrogens (tertiary/aromatic N) is 4. The number of hydrogen-bond donors (Lipinski definition) is 1. The van der Waals surface area contributed by atoms with Gasteiger partial charge in [0, 0.05) is 44.8 Å². The lowest BCUT2D eigenvalue weighted by atomic mass is 9.89. The molecule has 0 spiro atoms. The zero-order chi connectivity index (χ0) is 14.9. The summed E-state index contributed by atoms with van der Waals surface area (Å²) in [4.78, 5) is 28.4. The molecular weight excluding hydrogens is 278 g/mol. The van der Waals surface area contributed by atoms with Gasteiger partial charge in [-0.1, -0.05) is 0 Å². The summed E-state index contributed by atoms with van der Waals surface area (Å²) in [6.07, 6.45) is 6.45. The van der Waals surface area contributed by atoms with Gasteiger partial charge in [0.2, 0.25) is 5.95 Å². The van der Waals surface area contributed by atoms with Crippen LogP contribution < -0.4 is 4.90 Å². The molecule has 4 heterocycles. The number of carbonyl (C=O) groups excluding carboxylic acids is 1. The standard InChI is InChI=1S/C16H19N5O/c22-15(14-3-1-5-17-14)21-9-12-4-8-20(10-13(12)11-21)16-18-6-2-7-19-16/h1-3,5-7,12-13,17H,4,8-11H2/t12-,13+/m1/s1. The number of aromatic amines is 1. The van der Waals surface area contributed by atoms with Gasteiger partial charge >= 0.3 is 0 Å². The Morgan fingerprint density at radius 1 is 1.14 bits per heavy atom. The number of H-pyrrole nitrogens is 1. The van der Waals surface area contributed by atoms with Crippen LogP contribution in [0.4, 0.5) is 5.95 Å². The molecule has 22 heavy (non-hydrogen) atoms. The molecule has 2 aliphatic rings. The fourth-order valence-corrected chi connectivity index (χ4v) is 3.60. The minimum Gasteiger partial charge on any atom is -0.357 e. The summed E-state index contributed by atoms with van der Waals surface area (Å²) in [5, 5.41) is 0. The summed E-state index contributed by atoms with van der Waals surface area (Å²) in [6.45, 7) is 3.59. The van der Waals surface area contributed by atoms with Gasteiger partial charge in [-0.2, -0.15) is 0 Å². The highest BCUT2D eigenvalue weighted by molar-refractivity contribution is 5.92. The molecule has 0 aromatic carbocycles. The number of hydrogen-bond acceptors (Lipinski definition) is 4. The zero-order valence-corrected chi connectivity index (χ0v) is 12.4. The summed E-state index contributed by atoms with van der Waals surface area (Å²) < 4.78 is 0. The number of amides is 1. The highest BCUT2D eigenvalue weighted by atomic mass is 16.2. The quantitative estimate of drug-likeness (QED) is 0.910. The van der Waals surface area contributed by atoms with E-state index in [1.807, 2.05) is 23.1 Å². The lowest BCUT2D eigenvalue weighted by Gasteiger charge is -2.34. The number of anilines is 1. The molecule has 2 aromatic heterocycles. The third-order valence-corrected chi connectivity index (χ3v) is 4.75. The van der Waals surface area contributed by atoms with Crippen LogP contribution >= 0.6 is 0 Å². The predicted octanol–water partition coefficient (Wildman–Crippen LogP) is 1.40. The van der Waals surface area contributed by atoms with E-state index in [9.17, 15) is 4.79 Å². The molecule has 2 aromatic rings. The summed E-state index contributed by atoms with van der Waals surface area (Å²) in [7, 11) is 0. The number of rotatable bonds is 2. The lowest BCUT2D eigenvalue weighted by molar-refractivity contribution is 0.0779. The second-order valence-corrected chi connectivity index (χ2v) is 6.10. The van der Waals surface area contributed by atoms with Crippen molar-refractivity contribution in [2.75, 3.05) is 31.1 Å². The smallest absolute Gasteiger partial charge is 0.270 e. The van der Waals surface area contributed by atoms with Crippen molar-refractivity contribution >= 4 is 11.9 Å². The van der Waals surface area contributed by atoms with E-state index in [-0.39, 0.29) is 5.91 Å². The predicted molar refractivity (Wildman–Crippen MR) is 82.5 cm³/mol. The van der Waals surface area contributed by atoms with E-state index in [4.69, 9.17) is 0 Å². The van der Waals surface area contributed by atoms with Gasteiger partial charge in [-0.05, 0) is 36.5 Å². The highest BCUT2D eigenvalue weighted by Gasteiger charge is 2.39. The molecule has 2 fully saturated rings. The van der Waals surface area contributed by atoms with Crippen LogP contribution in [0.2, 0.25) is 0 Å². The lowest BCUT2D eigenvalue weighted by Crippen LogP contribution is -2.40. The Kier molecular flexibility index (Phi) is 3.29. The van der Waals surface area contributed by atoms with Crippen LogP contribution in [0, 0.1) is 11.8 Å². The summed E-state index contributed by atoms with van der Waals surface area (Å²) in [6, 6.07) is 5.54. The minimum atomic E-state index is 0.113. The van der Waals surface area contributed by atoms with Crippen molar-refractivity contribution < 1.29 is 4.79 Å². The van der Waals surface area contributed by atoms with E-state index >= 15 is 0 Å². The van der Waals surface area contributed by atoms with Crippen LogP contribution in [0.25, 0.3) is 0 Å². The molecule has 2 saturated heterocycles. The van der Waals surface area contributed by atoms with Crippen LogP contribution in [0.1, 0.15) is 16.9 Å². The Bertz CT molecular complexity index is 642. The molecule has 114 valence electrons. The first-order valence-corrected chi connectivity index (χ1v) is 7.76. The summed E-state index contributed by atoms with van der Waals surface area (Å²) in [5.41, 5.74) is 0.682. The zero-order valence-electron chi connectivity index (χ0n) is 12.4. The molecule has 6 nitrogen and oxygen atoms in total. The van der Waals surface area contributed by atoms with E-state index in [1.165, 1.54) is 0 Å². The molecule has 0 bridgehead atoms. The molecule has 2 aliphatic heterocycles. The first-order chi connectivity index (χ1) is 10.8. The van der Waals surface area contributed by atoms with E-state index in [1.54, 1.807) is 18.6 Å². The van der Waals surface area contributed by atoms with Gasteiger partial charge in [0.15, 0.2) is 0 Å². The first-order valence-electron chi connectivity index (χ1n) is 7.76. The number of fused-ring (bicyclic) bond motifs is 1. The number of likely N-dealkylation sites (tertiary alicyclic amines) is 1. The van der Waals surface area contributed by atoms with Crippen molar-refractivity contribution in [1.82, 2.24) is 19.9 Å². The molecular formula is C16H19N5O. The second-order valence-electron chi connectivity index (χ2n) is 6.10. The van der Waals surface area contributed by atoms with E-state index in [0.29, 0.717) is 17.5 Å². The van der Waals surface area contributed by atoms with Crippen LogP contribution in [0.3, 0.4) is 0 Å². The largest absolute Gasteiger partial charge is 0.357 e. The van der Waals surface area contributed by atoms with E-state index in [2.05, 4.69) is 19.9 Å². The molecule has 0 radical (unpaired) electrons. The van der Waals surface area contributed by atoms with Gasteiger partial charge in [0.25, 0.3) is 5.91 Å². The highest BCUT2D eigenvalue weighted by Crippen LogP contribution is 2.32.